The van der Waals surface area contributed by atoms with Gasteiger partial charge in [-0.3, -0.25) is 0 Å². The molecule has 0 amide bonds. The predicted molar refractivity (Wildman–Crippen MR) is 48.4 cm³/mol. The molecule has 2 N–H and O–H groups in total. The minimum Gasteiger partial charge on any atom is -0.479 e. The molecular weight excluding hydrogens is 168 g/mol. The Bertz CT molecular complexity index is 269. The van der Waals surface area contributed by atoms with Crippen molar-refractivity contribution in [2.24, 2.45) is 0 Å². The quantitative estimate of drug-likeness (QED) is 0.728. The van der Waals surface area contributed by atoms with E-state index in [-0.39, 0.29) is 6.42 Å². The minimum atomic E-state index is -1.25. The summed E-state index contributed by atoms with van der Waals surface area (Å²) in [6.07, 6.45) is -0.395. The summed E-state index contributed by atoms with van der Waals surface area (Å²) in [5.74, 6) is -1.16. The van der Waals surface area contributed by atoms with Crippen LogP contribution in [0, 0.1) is 0 Å². The van der Waals surface area contributed by atoms with Crippen molar-refractivity contribution in [3.05, 3.63) is 35.9 Å². The van der Waals surface area contributed by atoms with Gasteiger partial charge in [-0.2, -0.15) is 0 Å². The van der Waals surface area contributed by atoms with E-state index < -0.39 is 12.1 Å². The number of rotatable bonds is 4. The second-order valence-corrected chi connectivity index (χ2v) is 2.88. The zero-order valence-corrected chi connectivity index (χ0v) is 7.18. The van der Waals surface area contributed by atoms with Crippen molar-refractivity contribution in [2.75, 3.05) is 0 Å². The van der Waals surface area contributed by atoms with Crippen molar-refractivity contribution in [3.63, 3.8) is 0 Å². The Morgan fingerprint density at radius 2 is 1.92 bits per heavy atom. The van der Waals surface area contributed by atoms with Crippen LogP contribution in [0.25, 0.3) is 0 Å². The van der Waals surface area contributed by atoms with Crippen molar-refractivity contribution < 1.29 is 15.0 Å². The SMILES string of the molecule is O=C(O)[C@H](O)CCc1ccccc1. The maximum Gasteiger partial charge on any atom is 0.332 e. The van der Waals surface area contributed by atoms with Gasteiger partial charge in [0.05, 0.1) is 0 Å². The van der Waals surface area contributed by atoms with Crippen LogP contribution in [0.3, 0.4) is 0 Å². The molecule has 0 radical (unpaired) electrons. The molecule has 0 aromatic heterocycles. The molecule has 3 heteroatoms. The molecule has 1 rings (SSSR count). The predicted octanol–water partition coefficient (Wildman–Crippen LogP) is 1.06. The van der Waals surface area contributed by atoms with Gasteiger partial charge in [-0.1, -0.05) is 30.3 Å². The van der Waals surface area contributed by atoms with E-state index in [1.165, 1.54) is 0 Å². The van der Waals surface area contributed by atoms with Crippen LogP contribution in [-0.2, 0) is 11.2 Å². The van der Waals surface area contributed by atoms with E-state index in [9.17, 15) is 4.79 Å². The molecule has 0 saturated heterocycles. The van der Waals surface area contributed by atoms with Gasteiger partial charge in [-0.15, -0.1) is 0 Å². The van der Waals surface area contributed by atoms with E-state index in [1.54, 1.807) is 0 Å². The molecule has 0 aliphatic carbocycles. The normalized spacial score (nSPS) is 12.4. The summed E-state index contributed by atoms with van der Waals surface area (Å²) < 4.78 is 0. The molecule has 1 atom stereocenters. The maximum atomic E-state index is 10.3. The number of benzene rings is 1. The Morgan fingerprint density at radius 1 is 1.31 bits per heavy atom. The van der Waals surface area contributed by atoms with E-state index in [0.29, 0.717) is 6.42 Å². The fourth-order valence-corrected chi connectivity index (χ4v) is 1.07. The molecule has 3 nitrogen and oxygen atoms in total. The highest BCUT2D eigenvalue weighted by molar-refractivity contribution is 5.71. The molecule has 0 heterocycles. The third-order valence-electron chi connectivity index (χ3n) is 1.83. The first-order chi connectivity index (χ1) is 6.20. The van der Waals surface area contributed by atoms with Crippen LogP contribution in [-0.4, -0.2) is 22.3 Å². The zero-order chi connectivity index (χ0) is 9.68. The van der Waals surface area contributed by atoms with E-state index >= 15 is 0 Å². The molecule has 0 unspecified atom stereocenters. The number of carboxylic acids is 1. The smallest absolute Gasteiger partial charge is 0.332 e. The molecule has 70 valence electrons. The van der Waals surface area contributed by atoms with Crippen molar-refractivity contribution in [2.45, 2.75) is 18.9 Å². The highest BCUT2D eigenvalue weighted by Gasteiger charge is 2.11. The molecule has 0 spiro atoms. The lowest BCUT2D eigenvalue weighted by molar-refractivity contribution is -0.146. The summed E-state index contributed by atoms with van der Waals surface area (Å²) >= 11 is 0. The lowest BCUT2D eigenvalue weighted by Gasteiger charge is -2.04. The van der Waals surface area contributed by atoms with Gasteiger partial charge in [0, 0.05) is 0 Å². The maximum absolute atomic E-state index is 10.3. The molecule has 13 heavy (non-hydrogen) atoms. The van der Waals surface area contributed by atoms with Gasteiger partial charge in [-0.25, -0.2) is 4.79 Å². The summed E-state index contributed by atoms with van der Waals surface area (Å²) in [4.78, 5) is 10.3. The highest BCUT2D eigenvalue weighted by Crippen LogP contribution is 2.04. The van der Waals surface area contributed by atoms with Crippen LogP contribution >= 0.6 is 0 Å². The Kier molecular flexibility index (Phi) is 3.46. The van der Waals surface area contributed by atoms with E-state index in [1.807, 2.05) is 30.3 Å². The van der Waals surface area contributed by atoms with Crippen molar-refractivity contribution in [1.82, 2.24) is 0 Å². The Balaban J connectivity index is 2.39. The Labute approximate surface area is 76.6 Å². The molecule has 1 aromatic carbocycles. The summed E-state index contributed by atoms with van der Waals surface area (Å²) in [5.41, 5.74) is 1.04. The zero-order valence-electron chi connectivity index (χ0n) is 7.18. The molecule has 0 aliphatic heterocycles. The molecule has 0 saturated carbocycles. The second-order valence-electron chi connectivity index (χ2n) is 2.88. The van der Waals surface area contributed by atoms with Crippen LogP contribution in [0.5, 0.6) is 0 Å². The number of aliphatic carboxylic acids is 1. The highest BCUT2D eigenvalue weighted by atomic mass is 16.4. The lowest BCUT2D eigenvalue weighted by Crippen LogP contribution is -2.19. The second kappa shape index (κ2) is 4.62. The van der Waals surface area contributed by atoms with E-state index in [2.05, 4.69) is 0 Å². The van der Waals surface area contributed by atoms with E-state index in [0.717, 1.165) is 5.56 Å². The van der Waals surface area contributed by atoms with Gasteiger partial charge in [0.15, 0.2) is 6.10 Å². The molecular formula is C10H12O3. The Morgan fingerprint density at radius 3 is 2.46 bits per heavy atom. The summed E-state index contributed by atoms with van der Waals surface area (Å²) in [7, 11) is 0. The first-order valence-electron chi connectivity index (χ1n) is 4.15. The number of carbonyl (C=O) groups is 1. The fraction of sp³-hybridized carbons (Fsp3) is 0.300. The van der Waals surface area contributed by atoms with Crippen LogP contribution in [0.1, 0.15) is 12.0 Å². The van der Waals surface area contributed by atoms with Crippen LogP contribution in [0.2, 0.25) is 0 Å². The summed E-state index contributed by atoms with van der Waals surface area (Å²) in [6, 6.07) is 9.51. The third kappa shape index (κ3) is 3.25. The van der Waals surface area contributed by atoms with Gasteiger partial charge in [0.25, 0.3) is 0 Å². The van der Waals surface area contributed by atoms with Crippen molar-refractivity contribution in [3.8, 4) is 0 Å². The molecule has 0 bridgehead atoms. The van der Waals surface area contributed by atoms with Gasteiger partial charge in [-0.05, 0) is 18.4 Å². The average Bonchev–Trinajstić information content (AvgIpc) is 2.15. The van der Waals surface area contributed by atoms with Gasteiger partial charge in [0.2, 0.25) is 0 Å². The summed E-state index contributed by atoms with van der Waals surface area (Å²) in [5, 5.41) is 17.4. The van der Waals surface area contributed by atoms with Crippen LogP contribution in [0.4, 0.5) is 0 Å². The van der Waals surface area contributed by atoms with Crippen LogP contribution < -0.4 is 0 Å². The number of hydrogen-bond donors (Lipinski definition) is 2. The molecule has 0 aliphatic rings. The number of aliphatic hydroxyl groups is 1. The topological polar surface area (TPSA) is 57.5 Å². The standard InChI is InChI=1S/C10H12O3/c11-9(10(12)13)7-6-8-4-2-1-3-5-8/h1-5,9,11H,6-7H2,(H,12,13)/t9-/m1/s1. The largest absolute Gasteiger partial charge is 0.479 e. The molecule has 1 aromatic rings. The monoisotopic (exact) mass is 180 g/mol. The van der Waals surface area contributed by atoms with Gasteiger partial charge < -0.3 is 10.2 Å². The number of aliphatic hydroxyl groups excluding tert-OH is 1. The van der Waals surface area contributed by atoms with Crippen LogP contribution in [0.15, 0.2) is 30.3 Å². The van der Waals surface area contributed by atoms with Gasteiger partial charge >= 0.3 is 5.97 Å². The Hall–Kier alpha value is -1.35. The molecule has 0 fully saturated rings. The summed E-state index contributed by atoms with van der Waals surface area (Å²) in [6.45, 7) is 0. The first kappa shape index (κ1) is 9.74. The average molecular weight is 180 g/mol. The fourth-order valence-electron chi connectivity index (χ4n) is 1.07. The minimum absolute atomic E-state index is 0.263. The van der Waals surface area contributed by atoms with E-state index in [4.69, 9.17) is 10.2 Å². The number of carboxylic acid groups (broad SMARTS) is 1. The van der Waals surface area contributed by atoms with Crippen molar-refractivity contribution in [1.29, 1.82) is 0 Å². The number of hydrogen-bond acceptors (Lipinski definition) is 2. The lowest BCUT2D eigenvalue weighted by atomic mass is 10.1. The first-order valence-corrected chi connectivity index (χ1v) is 4.15. The third-order valence-corrected chi connectivity index (χ3v) is 1.83. The van der Waals surface area contributed by atoms with Crippen molar-refractivity contribution >= 4 is 5.97 Å². The number of aryl methyl sites for hydroxylation is 1. The van der Waals surface area contributed by atoms with Gasteiger partial charge in [0.1, 0.15) is 0 Å².